The van der Waals surface area contributed by atoms with E-state index >= 15 is 0 Å². The Bertz CT molecular complexity index is 92.8. The van der Waals surface area contributed by atoms with Crippen LogP contribution in [0.2, 0.25) is 0 Å². The first-order valence-electron chi connectivity index (χ1n) is 1.15. The summed E-state index contributed by atoms with van der Waals surface area (Å²) in [6.07, 6.45) is 1.22. The summed E-state index contributed by atoms with van der Waals surface area (Å²) >= 11 is 0.280. The minimum absolute atomic E-state index is 0.280. The van der Waals surface area contributed by atoms with Crippen molar-refractivity contribution in [2.75, 3.05) is 6.26 Å². The van der Waals surface area contributed by atoms with E-state index in [0.29, 0.717) is 0 Å². The predicted molar refractivity (Wildman–Crippen MR) is 20.6 cm³/mol. The minimum atomic E-state index is -2.53. The fourth-order valence-corrected chi connectivity index (χ4v) is 0. The molecule has 0 aliphatic carbocycles. The monoisotopic (exact) mass is 102 g/mol. The van der Waals surface area contributed by atoms with Gasteiger partial charge in [0, 0.05) is 0 Å². The fraction of sp³-hybridized carbons (Fsp3) is 1.00. The zero-order chi connectivity index (χ0) is 4.50. The first-order chi connectivity index (χ1) is 2.00. The van der Waals surface area contributed by atoms with Gasteiger partial charge in [-0.2, -0.15) is 0 Å². The van der Waals surface area contributed by atoms with E-state index in [0.717, 1.165) is 0 Å². The van der Waals surface area contributed by atoms with Crippen LogP contribution in [0.3, 0.4) is 0 Å². The first kappa shape index (κ1) is 5.95. The number of hydrogen-bond acceptors (Lipinski definition) is 2. The Morgan fingerprint density at radius 2 is 1.60 bits per heavy atom. The molecule has 0 atom stereocenters. The number of rotatable bonds is 0. The average molecular weight is 102 g/mol. The molecule has 0 amide bonds. The maximum atomic E-state index is 9.69. The second-order valence-corrected chi connectivity index (χ2v) is 7.88. The molecule has 0 aliphatic rings. The van der Waals surface area contributed by atoms with Crippen LogP contribution in [0.4, 0.5) is 0 Å². The van der Waals surface area contributed by atoms with Gasteiger partial charge in [0.05, 0.1) is 0 Å². The molecule has 0 aromatic carbocycles. The van der Waals surface area contributed by atoms with Crippen LogP contribution in [-0.2, 0) is 5.96 Å². The second kappa shape index (κ2) is 1.60. The van der Waals surface area contributed by atoms with Crippen molar-refractivity contribution in [1.82, 2.24) is 0 Å². The molecule has 26 valence electrons. The summed E-state index contributed by atoms with van der Waals surface area (Å²) in [7, 11) is 0. The topological polar surface area (TPSA) is 34.1 Å². The fourth-order valence-electron chi connectivity index (χ4n) is 0. The second-order valence-electron chi connectivity index (χ2n) is 1.14. The zero-order valence-electron chi connectivity index (χ0n) is 3.22. The third-order valence-corrected chi connectivity index (χ3v) is 0. The molecule has 0 aromatic heterocycles. The van der Waals surface area contributed by atoms with Crippen LogP contribution in [0.1, 0.15) is 0 Å². The quantitative estimate of drug-likeness (QED) is 0.372. The van der Waals surface area contributed by atoms with E-state index in [1.807, 2.05) is 0 Å². The summed E-state index contributed by atoms with van der Waals surface area (Å²) < 4.78 is 19.4. The van der Waals surface area contributed by atoms with Gasteiger partial charge in [0.2, 0.25) is 0 Å². The zero-order valence-corrected chi connectivity index (χ0v) is 6.04. The van der Waals surface area contributed by atoms with Crippen molar-refractivity contribution >= 4 is 32.3 Å². The van der Waals surface area contributed by atoms with Gasteiger partial charge < -0.3 is 0 Å². The third-order valence-electron chi connectivity index (χ3n) is 0. The van der Waals surface area contributed by atoms with Crippen molar-refractivity contribution in [3.8, 4) is 0 Å². The van der Waals surface area contributed by atoms with E-state index in [-0.39, 0.29) is 26.4 Å². The van der Waals surface area contributed by atoms with Crippen LogP contribution < -0.4 is 0 Å². The van der Waals surface area contributed by atoms with Crippen molar-refractivity contribution in [2.45, 2.75) is 0 Å². The van der Waals surface area contributed by atoms with E-state index in [1.165, 1.54) is 6.26 Å². The van der Waals surface area contributed by atoms with Gasteiger partial charge in [-0.15, -0.1) is 0 Å². The van der Waals surface area contributed by atoms with Crippen molar-refractivity contribution in [3.05, 3.63) is 0 Å². The van der Waals surface area contributed by atoms with Crippen molar-refractivity contribution < 1.29 is 8.42 Å². The molecule has 2 nitrogen and oxygen atoms in total. The molecule has 0 rings (SSSR count). The molecule has 0 radical (unpaired) electrons. The Morgan fingerprint density at radius 3 is 1.60 bits per heavy atom. The van der Waals surface area contributed by atoms with Crippen LogP contribution in [0, 0.1) is 0 Å². The Balaban J connectivity index is 4.06. The summed E-state index contributed by atoms with van der Waals surface area (Å²) in [5.41, 5.74) is 0. The molecule has 0 N–H and O–H groups in total. The first-order valence-corrected chi connectivity index (χ1v) is 5.90. The third kappa shape index (κ3) is 47.7. The summed E-state index contributed by atoms with van der Waals surface area (Å²) in [5.74, 6) is -2.53. The van der Waals surface area contributed by atoms with Gasteiger partial charge in [-0.3, -0.25) is 0 Å². The predicted octanol–water partition coefficient (Wildman–Crippen LogP) is -0.885. The van der Waals surface area contributed by atoms with Crippen molar-refractivity contribution in [2.24, 2.45) is 0 Å². The molecule has 4 heteroatoms. The average Bonchev–Trinajstić information content (AvgIpc) is 0.722. The van der Waals surface area contributed by atoms with Gasteiger partial charge >= 0.3 is 47.0 Å². The molecule has 0 bridgehead atoms. The molecule has 0 fully saturated rings. The number of hydrogen-bond donors (Lipinski definition) is 0. The van der Waals surface area contributed by atoms with Crippen molar-refractivity contribution in [3.63, 3.8) is 0 Å². The molecule has 0 spiro atoms. The van der Waals surface area contributed by atoms with Crippen LogP contribution in [0.25, 0.3) is 0 Å². The Hall–Kier alpha value is 0.950. The SMILES string of the molecule is C[S](=O)(=O)[Na]. The standard InChI is InChI=1S/CH3O2S.Na/c1-4(2)3;/h1H3;. The molecule has 0 aliphatic heterocycles. The van der Waals surface area contributed by atoms with E-state index < -0.39 is 5.96 Å². The normalized spacial score (nSPS) is 11.8. The molecule has 5 heavy (non-hydrogen) atoms. The molecule has 0 saturated carbocycles. The molecular formula is CH3NaO2S. The van der Waals surface area contributed by atoms with Crippen LogP contribution in [0.15, 0.2) is 0 Å². The van der Waals surface area contributed by atoms with Gasteiger partial charge in [-0.1, -0.05) is 0 Å². The molecule has 0 aromatic rings. The van der Waals surface area contributed by atoms with Gasteiger partial charge in [0.25, 0.3) is 0 Å². The van der Waals surface area contributed by atoms with Crippen LogP contribution >= 0.6 is 0 Å². The Morgan fingerprint density at radius 1 is 1.60 bits per heavy atom. The van der Waals surface area contributed by atoms with E-state index in [9.17, 15) is 8.42 Å². The van der Waals surface area contributed by atoms with Gasteiger partial charge in [0.1, 0.15) is 0 Å². The summed E-state index contributed by atoms with van der Waals surface area (Å²) in [6, 6.07) is 0. The Labute approximate surface area is 46.9 Å². The van der Waals surface area contributed by atoms with Crippen LogP contribution in [0.5, 0.6) is 0 Å². The summed E-state index contributed by atoms with van der Waals surface area (Å²) in [6.45, 7) is 0. The van der Waals surface area contributed by atoms with E-state index in [2.05, 4.69) is 0 Å². The molecule has 0 unspecified atom stereocenters. The van der Waals surface area contributed by atoms with Gasteiger partial charge in [-0.05, 0) is 0 Å². The van der Waals surface area contributed by atoms with Crippen LogP contribution in [-0.4, -0.2) is 41.0 Å². The molecular weight excluding hydrogens is 99.1 g/mol. The van der Waals surface area contributed by atoms with E-state index in [4.69, 9.17) is 0 Å². The van der Waals surface area contributed by atoms with Crippen molar-refractivity contribution in [1.29, 1.82) is 0 Å². The van der Waals surface area contributed by atoms with Gasteiger partial charge in [-0.25, -0.2) is 0 Å². The van der Waals surface area contributed by atoms with E-state index in [1.54, 1.807) is 0 Å². The maximum absolute atomic E-state index is 9.69. The Kier molecular flexibility index (Phi) is 1.90. The van der Waals surface area contributed by atoms with Gasteiger partial charge in [0.15, 0.2) is 0 Å². The summed E-state index contributed by atoms with van der Waals surface area (Å²) in [4.78, 5) is 0. The molecule has 0 saturated heterocycles. The summed E-state index contributed by atoms with van der Waals surface area (Å²) in [5, 5.41) is 0. The molecule has 0 heterocycles.